The van der Waals surface area contributed by atoms with Gasteiger partial charge in [-0.05, 0) is 27.2 Å². The first-order valence-electron chi connectivity index (χ1n) is 4.56. The van der Waals surface area contributed by atoms with Gasteiger partial charge in [0.15, 0.2) is 0 Å². The molecular formula is C9H20N2O. The van der Waals surface area contributed by atoms with Crippen LogP contribution in [-0.2, 0) is 4.79 Å². The monoisotopic (exact) mass is 172 g/mol. The number of nitrogens with two attached hydrogens (primary N) is 1. The summed E-state index contributed by atoms with van der Waals surface area (Å²) < 4.78 is 0. The van der Waals surface area contributed by atoms with Crippen molar-refractivity contribution < 1.29 is 4.79 Å². The fourth-order valence-corrected chi connectivity index (χ4v) is 1.13. The second-order valence-electron chi connectivity index (χ2n) is 3.41. The van der Waals surface area contributed by atoms with E-state index in [0.29, 0.717) is 0 Å². The number of hydrogen-bond donors (Lipinski definition) is 1. The molecule has 0 aliphatic heterocycles. The number of rotatable bonds is 4. The molecule has 0 aliphatic carbocycles. The highest BCUT2D eigenvalue weighted by atomic mass is 16.2. The van der Waals surface area contributed by atoms with Crippen LogP contribution in [0.5, 0.6) is 0 Å². The van der Waals surface area contributed by atoms with Gasteiger partial charge < -0.3 is 10.6 Å². The fourth-order valence-electron chi connectivity index (χ4n) is 1.13. The minimum Gasteiger partial charge on any atom is -0.339 e. The van der Waals surface area contributed by atoms with Gasteiger partial charge in [0, 0.05) is 12.6 Å². The lowest BCUT2D eigenvalue weighted by Gasteiger charge is -2.27. The summed E-state index contributed by atoms with van der Waals surface area (Å²) in [5.41, 5.74) is 5.51. The van der Waals surface area contributed by atoms with Gasteiger partial charge in [0.05, 0.1) is 6.04 Å². The van der Waals surface area contributed by atoms with Gasteiger partial charge in [0.25, 0.3) is 0 Å². The van der Waals surface area contributed by atoms with Crippen molar-refractivity contribution in [1.82, 2.24) is 4.90 Å². The Labute approximate surface area is 74.9 Å². The quantitative estimate of drug-likeness (QED) is 0.687. The summed E-state index contributed by atoms with van der Waals surface area (Å²) in [6.07, 6.45) is 0.983. The van der Waals surface area contributed by atoms with Crippen LogP contribution in [0.4, 0.5) is 0 Å². The third-order valence-corrected chi connectivity index (χ3v) is 1.76. The Kier molecular flexibility index (Phi) is 4.90. The maximum atomic E-state index is 11.5. The first kappa shape index (κ1) is 11.4. The Morgan fingerprint density at radius 3 is 2.17 bits per heavy atom. The van der Waals surface area contributed by atoms with Crippen LogP contribution in [0, 0.1) is 0 Å². The van der Waals surface area contributed by atoms with E-state index >= 15 is 0 Å². The third-order valence-electron chi connectivity index (χ3n) is 1.76. The minimum absolute atomic E-state index is 0.0480. The molecule has 0 rings (SSSR count). The van der Waals surface area contributed by atoms with Crippen molar-refractivity contribution >= 4 is 5.91 Å². The predicted molar refractivity (Wildman–Crippen MR) is 50.8 cm³/mol. The molecule has 0 aromatic carbocycles. The van der Waals surface area contributed by atoms with E-state index in [1.54, 1.807) is 6.92 Å². The van der Waals surface area contributed by atoms with Crippen LogP contribution in [-0.4, -0.2) is 29.4 Å². The summed E-state index contributed by atoms with van der Waals surface area (Å²) in [6.45, 7) is 8.61. The molecule has 0 heterocycles. The molecule has 72 valence electrons. The number of nitrogens with zero attached hydrogens (tertiary/aromatic N) is 1. The van der Waals surface area contributed by atoms with Crippen molar-refractivity contribution in [1.29, 1.82) is 0 Å². The molecule has 12 heavy (non-hydrogen) atoms. The molecule has 0 unspecified atom stereocenters. The van der Waals surface area contributed by atoms with Gasteiger partial charge in [-0.2, -0.15) is 0 Å². The van der Waals surface area contributed by atoms with E-state index in [2.05, 4.69) is 6.92 Å². The molecular weight excluding hydrogens is 152 g/mol. The summed E-state index contributed by atoms with van der Waals surface area (Å²) >= 11 is 0. The van der Waals surface area contributed by atoms with E-state index < -0.39 is 0 Å². The van der Waals surface area contributed by atoms with Gasteiger partial charge >= 0.3 is 0 Å². The maximum Gasteiger partial charge on any atom is 0.239 e. The van der Waals surface area contributed by atoms with Crippen LogP contribution in [0.15, 0.2) is 0 Å². The van der Waals surface area contributed by atoms with E-state index in [-0.39, 0.29) is 18.0 Å². The highest BCUT2D eigenvalue weighted by molar-refractivity contribution is 5.81. The highest BCUT2D eigenvalue weighted by Crippen LogP contribution is 2.01. The first-order chi connectivity index (χ1) is 5.50. The summed E-state index contributed by atoms with van der Waals surface area (Å²) in [5.74, 6) is 0.0480. The van der Waals surface area contributed by atoms with Crippen molar-refractivity contribution in [3.63, 3.8) is 0 Å². The molecule has 2 N–H and O–H groups in total. The van der Waals surface area contributed by atoms with Crippen LogP contribution in [0.3, 0.4) is 0 Å². The largest absolute Gasteiger partial charge is 0.339 e. The average Bonchev–Trinajstić information content (AvgIpc) is 1.98. The molecule has 1 atom stereocenters. The van der Waals surface area contributed by atoms with Crippen LogP contribution in [0.2, 0.25) is 0 Å². The molecule has 0 aromatic heterocycles. The summed E-state index contributed by atoms with van der Waals surface area (Å²) in [7, 11) is 0. The fraction of sp³-hybridized carbons (Fsp3) is 0.889. The normalized spacial score (nSPS) is 13.2. The summed E-state index contributed by atoms with van der Waals surface area (Å²) in [6, 6.07) is -0.123. The lowest BCUT2D eigenvalue weighted by molar-refractivity contribution is -0.133. The van der Waals surface area contributed by atoms with Gasteiger partial charge in [0.2, 0.25) is 5.91 Å². The second kappa shape index (κ2) is 5.14. The molecule has 0 fully saturated rings. The second-order valence-corrected chi connectivity index (χ2v) is 3.41. The molecule has 0 aromatic rings. The summed E-state index contributed by atoms with van der Waals surface area (Å²) in [5, 5.41) is 0. The zero-order valence-corrected chi connectivity index (χ0v) is 8.50. The van der Waals surface area contributed by atoms with E-state index in [0.717, 1.165) is 13.0 Å². The molecule has 0 spiro atoms. The van der Waals surface area contributed by atoms with E-state index in [1.807, 2.05) is 18.7 Å². The van der Waals surface area contributed by atoms with Gasteiger partial charge in [-0.1, -0.05) is 6.92 Å². The molecule has 3 nitrogen and oxygen atoms in total. The molecule has 0 radical (unpaired) electrons. The van der Waals surface area contributed by atoms with Gasteiger partial charge in [-0.3, -0.25) is 4.79 Å². The van der Waals surface area contributed by atoms with Crippen LogP contribution in [0.25, 0.3) is 0 Å². The third kappa shape index (κ3) is 3.22. The molecule has 0 aliphatic rings. The topological polar surface area (TPSA) is 46.3 Å². The van der Waals surface area contributed by atoms with Crippen molar-refractivity contribution in [2.45, 2.75) is 46.2 Å². The van der Waals surface area contributed by atoms with E-state index in [1.165, 1.54) is 0 Å². The Hall–Kier alpha value is -0.570. The number of amides is 1. The van der Waals surface area contributed by atoms with Gasteiger partial charge in [0.1, 0.15) is 0 Å². The molecule has 0 saturated carbocycles. The number of carbonyl (C=O) groups is 1. The SMILES string of the molecule is CCCN(C(=O)[C@@H](C)N)C(C)C. The van der Waals surface area contributed by atoms with Crippen molar-refractivity contribution in [2.75, 3.05) is 6.54 Å². The Bertz CT molecular complexity index is 143. The van der Waals surface area contributed by atoms with Crippen molar-refractivity contribution in [2.24, 2.45) is 5.73 Å². The van der Waals surface area contributed by atoms with Crippen LogP contribution >= 0.6 is 0 Å². The smallest absolute Gasteiger partial charge is 0.239 e. The maximum absolute atomic E-state index is 11.5. The zero-order valence-electron chi connectivity index (χ0n) is 8.50. The van der Waals surface area contributed by atoms with Gasteiger partial charge in [-0.25, -0.2) is 0 Å². The standard InChI is InChI=1S/C9H20N2O/c1-5-6-11(7(2)3)9(12)8(4)10/h7-8H,5-6,10H2,1-4H3/t8-/m1/s1. The molecule has 3 heteroatoms. The zero-order chi connectivity index (χ0) is 9.72. The number of carbonyl (C=O) groups excluding carboxylic acids is 1. The Morgan fingerprint density at radius 1 is 1.42 bits per heavy atom. The highest BCUT2D eigenvalue weighted by Gasteiger charge is 2.18. The van der Waals surface area contributed by atoms with E-state index in [9.17, 15) is 4.79 Å². The number of hydrogen-bond acceptors (Lipinski definition) is 2. The molecule has 1 amide bonds. The predicted octanol–water partition coefficient (Wildman–Crippen LogP) is 0.981. The average molecular weight is 172 g/mol. The molecule has 0 saturated heterocycles. The lowest BCUT2D eigenvalue weighted by atomic mass is 10.2. The van der Waals surface area contributed by atoms with Crippen molar-refractivity contribution in [3.05, 3.63) is 0 Å². The minimum atomic E-state index is -0.376. The molecule has 0 bridgehead atoms. The van der Waals surface area contributed by atoms with Crippen LogP contribution in [0.1, 0.15) is 34.1 Å². The first-order valence-corrected chi connectivity index (χ1v) is 4.56. The van der Waals surface area contributed by atoms with Gasteiger partial charge in [-0.15, -0.1) is 0 Å². The summed E-state index contributed by atoms with van der Waals surface area (Å²) in [4.78, 5) is 13.3. The Balaban J connectivity index is 4.19. The van der Waals surface area contributed by atoms with Crippen LogP contribution < -0.4 is 5.73 Å². The lowest BCUT2D eigenvalue weighted by Crippen LogP contribution is -2.45. The van der Waals surface area contributed by atoms with Crippen molar-refractivity contribution in [3.8, 4) is 0 Å². The van der Waals surface area contributed by atoms with E-state index in [4.69, 9.17) is 5.73 Å². The Morgan fingerprint density at radius 2 is 1.92 bits per heavy atom.